The molecule has 214 valence electrons. The van der Waals surface area contributed by atoms with Gasteiger partial charge in [0.2, 0.25) is 0 Å². The summed E-state index contributed by atoms with van der Waals surface area (Å²) in [5.41, 5.74) is 9.04. The average Bonchev–Trinajstić information content (AvgIpc) is 3.64. The highest BCUT2D eigenvalue weighted by molar-refractivity contribution is 6.03. The molecule has 0 radical (unpaired) electrons. The monoisotopic (exact) mass is 563 g/mol. The minimum Gasteiger partial charge on any atom is -0.335 e. The first kappa shape index (κ1) is 27.2. The van der Waals surface area contributed by atoms with E-state index in [1.54, 1.807) is 6.20 Å². The molecule has 3 aromatic heterocycles. The topological polar surface area (TPSA) is 123 Å². The number of anilines is 2. The molecule has 5 aromatic rings. The van der Waals surface area contributed by atoms with E-state index in [0.717, 1.165) is 59.6 Å². The van der Waals surface area contributed by atoms with Gasteiger partial charge in [0.25, 0.3) is 5.91 Å². The van der Waals surface area contributed by atoms with Crippen molar-refractivity contribution in [1.82, 2.24) is 35.1 Å². The Balaban J connectivity index is 1.25. The minimum absolute atomic E-state index is 0.188. The number of likely N-dealkylation sites (N-methyl/N-ethyl adjacent to an activating group) is 1. The van der Waals surface area contributed by atoms with E-state index in [-0.39, 0.29) is 11.9 Å². The zero-order chi connectivity index (χ0) is 29.1. The number of hydrazine groups is 1. The summed E-state index contributed by atoms with van der Waals surface area (Å²) in [6, 6.07) is 20.4. The molecule has 6 rings (SSSR count). The Hall–Kier alpha value is -5.00. The number of amides is 3. The number of fused-ring (bicyclic) bond motifs is 1. The predicted molar refractivity (Wildman–Crippen MR) is 164 cm³/mol. The van der Waals surface area contributed by atoms with Crippen molar-refractivity contribution in [2.45, 2.75) is 13.5 Å². The van der Waals surface area contributed by atoms with Gasteiger partial charge in [0, 0.05) is 73.0 Å². The van der Waals surface area contributed by atoms with Crippen LogP contribution in [0.3, 0.4) is 0 Å². The van der Waals surface area contributed by atoms with Crippen LogP contribution in [0.15, 0.2) is 79.1 Å². The van der Waals surface area contributed by atoms with Crippen molar-refractivity contribution in [3.8, 4) is 22.4 Å². The summed E-state index contributed by atoms with van der Waals surface area (Å²) in [4.78, 5) is 35.5. The Kier molecular flexibility index (Phi) is 7.67. The summed E-state index contributed by atoms with van der Waals surface area (Å²) in [7, 11) is 2.08. The van der Waals surface area contributed by atoms with Crippen LogP contribution in [0.1, 0.15) is 17.4 Å². The Morgan fingerprint density at radius 1 is 0.905 bits per heavy atom. The van der Waals surface area contributed by atoms with Crippen LogP contribution in [0.25, 0.3) is 33.4 Å². The van der Waals surface area contributed by atoms with E-state index in [1.165, 1.54) is 0 Å². The van der Waals surface area contributed by atoms with Crippen LogP contribution in [0, 0.1) is 0 Å². The van der Waals surface area contributed by atoms with Gasteiger partial charge in [0.1, 0.15) is 17.0 Å². The second-order valence-corrected chi connectivity index (χ2v) is 10.3. The molecule has 0 saturated carbocycles. The standard InChI is InChI=1S/C31H33N9O2/c1-3-39-20-26(28(36-39)21-9-11-23(12-10-21)34-31(42)33-22-7-5-4-6-8-22)24-13-14-32-29-25(24)19-27(35-29)30(41)37-40-17-15-38(2)16-18-40/h4-14,19-20H,3,15-18H2,1-2H3,(H,32,35)(H,37,41)(H2,33,34,42). The number of aromatic nitrogens is 4. The molecule has 1 aliphatic heterocycles. The number of nitrogens with zero attached hydrogens (tertiary/aromatic N) is 5. The molecule has 3 amide bonds. The van der Waals surface area contributed by atoms with Gasteiger partial charge in [-0.05, 0) is 55.9 Å². The quantitative estimate of drug-likeness (QED) is 0.229. The minimum atomic E-state index is -0.316. The second kappa shape index (κ2) is 11.9. The fourth-order valence-corrected chi connectivity index (χ4v) is 5.03. The van der Waals surface area contributed by atoms with Gasteiger partial charge < -0.3 is 20.5 Å². The van der Waals surface area contributed by atoms with Crippen LogP contribution in [-0.2, 0) is 6.54 Å². The largest absolute Gasteiger partial charge is 0.335 e. The average molecular weight is 564 g/mol. The van der Waals surface area contributed by atoms with Gasteiger partial charge in [-0.3, -0.25) is 14.9 Å². The molecule has 1 aliphatic rings. The first-order chi connectivity index (χ1) is 20.5. The summed E-state index contributed by atoms with van der Waals surface area (Å²) < 4.78 is 1.89. The number of aromatic amines is 1. The lowest BCUT2D eigenvalue weighted by molar-refractivity contribution is 0.0658. The first-order valence-corrected chi connectivity index (χ1v) is 14.0. The molecule has 1 fully saturated rings. The molecule has 4 N–H and O–H groups in total. The van der Waals surface area contributed by atoms with Crippen LogP contribution in [-0.4, -0.2) is 74.8 Å². The number of piperazine rings is 1. The van der Waals surface area contributed by atoms with Crippen LogP contribution < -0.4 is 16.1 Å². The Labute approximate surface area is 243 Å². The number of carbonyl (C=O) groups is 2. The predicted octanol–water partition coefficient (Wildman–Crippen LogP) is 4.65. The number of pyridine rings is 1. The van der Waals surface area contributed by atoms with E-state index in [9.17, 15) is 9.59 Å². The van der Waals surface area contributed by atoms with Crippen molar-refractivity contribution in [2.24, 2.45) is 0 Å². The SMILES string of the molecule is CCn1cc(-c2ccnc3[nH]c(C(=O)NN4CCN(C)CC4)cc23)c(-c2ccc(NC(=O)Nc3ccccc3)cc2)n1. The molecule has 1 saturated heterocycles. The lowest BCUT2D eigenvalue weighted by Crippen LogP contribution is -2.52. The third kappa shape index (κ3) is 5.87. The van der Waals surface area contributed by atoms with Crippen molar-refractivity contribution >= 4 is 34.3 Å². The third-order valence-electron chi connectivity index (χ3n) is 7.36. The van der Waals surface area contributed by atoms with Crippen LogP contribution in [0.5, 0.6) is 0 Å². The van der Waals surface area contributed by atoms with Crippen LogP contribution in [0.4, 0.5) is 16.2 Å². The maximum absolute atomic E-state index is 13.1. The van der Waals surface area contributed by atoms with Gasteiger partial charge in [0.15, 0.2) is 0 Å². The number of carbonyl (C=O) groups excluding carboxylic acids is 2. The fourth-order valence-electron chi connectivity index (χ4n) is 5.03. The van der Waals surface area contributed by atoms with E-state index < -0.39 is 0 Å². The molecule has 11 heteroatoms. The van der Waals surface area contributed by atoms with Gasteiger partial charge in [-0.2, -0.15) is 5.10 Å². The van der Waals surface area contributed by atoms with Crippen molar-refractivity contribution in [1.29, 1.82) is 0 Å². The highest BCUT2D eigenvalue weighted by Gasteiger charge is 2.21. The maximum atomic E-state index is 13.1. The number of nitrogens with one attached hydrogen (secondary N) is 4. The number of aryl methyl sites for hydroxylation is 1. The number of hydrogen-bond acceptors (Lipinski definition) is 6. The summed E-state index contributed by atoms with van der Waals surface area (Å²) >= 11 is 0. The fraction of sp³-hybridized carbons (Fsp3) is 0.226. The van der Waals surface area contributed by atoms with Crippen LogP contribution >= 0.6 is 0 Å². The molecular formula is C31H33N9O2. The normalized spacial score (nSPS) is 14.1. The smallest absolute Gasteiger partial charge is 0.323 e. The molecular weight excluding hydrogens is 530 g/mol. The Morgan fingerprint density at radius 2 is 1.62 bits per heavy atom. The molecule has 11 nitrogen and oxygen atoms in total. The van der Waals surface area contributed by atoms with Gasteiger partial charge in [-0.15, -0.1) is 0 Å². The van der Waals surface area contributed by atoms with Gasteiger partial charge in [-0.25, -0.2) is 14.8 Å². The van der Waals surface area contributed by atoms with E-state index >= 15 is 0 Å². The van der Waals surface area contributed by atoms with Gasteiger partial charge in [-0.1, -0.05) is 30.3 Å². The van der Waals surface area contributed by atoms with Crippen LogP contribution in [0.2, 0.25) is 0 Å². The van der Waals surface area contributed by atoms with E-state index in [4.69, 9.17) is 5.10 Å². The van der Waals surface area contributed by atoms with Gasteiger partial charge in [0.05, 0.1) is 0 Å². The lowest BCUT2D eigenvalue weighted by atomic mass is 10.00. The molecule has 42 heavy (non-hydrogen) atoms. The molecule has 4 heterocycles. The number of hydrogen-bond donors (Lipinski definition) is 4. The van der Waals surface area contributed by atoms with Crippen molar-refractivity contribution in [3.63, 3.8) is 0 Å². The third-order valence-corrected chi connectivity index (χ3v) is 7.36. The maximum Gasteiger partial charge on any atom is 0.323 e. The molecule has 2 aromatic carbocycles. The molecule has 0 aliphatic carbocycles. The first-order valence-electron chi connectivity index (χ1n) is 14.0. The number of rotatable bonds is 7. The zero-order valence-corrected chi connectivity index (χ0v) is 23.6. The highest BCUT2D eigenvalue weighted by atomic mass is 16.2. The molecule has 0 spiro atoms. The van der Waals surface area contributed by atoms with Crippen molar-refractivity contribution in [2.75, 3.05) is 43.9 Å². The highest BCUT2D eigenvalue weighted by Crippen LogP contribution is 2.35. The van der Waals surface area contributed by atoms with E-state index in [0.29, 0.717) is 23.6 Å². The zero-order valence-electron chi connectivity index (χ0n) is 23.6. The number of benzene rings is 2. The number of urea groups is 1. The molecule has 0 atom stereocenters. The number of para-hydroxylation sites is 1. The summed E-state index contributed by atoms with van der Waals surface area (Å²) in [5.74, 6) is -0.188. The Morgan fingerprint density at radius 3 is 2.33 bits per heavy atom. The van der Waals surface area contributed by atoms with E-state index in [2.05, 4.69) is 38.0 Å². The number of H-pyrrole nitrogens is 1. The molecule has 0 bridgehead atoms. The summed E-state index contributed by atoms with van der Waals surface area (Å²) in [6.07, 6.45) is 3.75. The van der Waals surface area contributed by atoms with E-state index in [1.807, 2.05) is 89.5 Å². The van der Waals surface area contributed by atoms with Crippen molar-refractivity contribution < 1.29 is 9.59 Å². The second-order valence-electron chi connectivity index (χ2n) is 10.3. The summed E-state index contributed by atoms with van der Waals surface area (Å²) in [6.45, 7) is 6.10. The molecule has 0 unspecified atom stereocenters. The summed E-state index contributed by atoms with van der Waals surface area (Å²) in [5, 5.41) is 13.3. The Bertz CT molecular complexity index is 1700. The van der Waals surface area contributed by atoms with Crippen molar-refractivity contribution in [3.05, 3.63) is 84.8 Å². The van der Waals surface area contributed by atoms with Gasteiger partial charge >= 0.3 is 6.03 Å². The lowest BCUT2D eigenvalue weighted by Gasteiger charge is -2.32.